The van der Waals surface area contributed by atoms with Crippen LogP contribution < -0.4 is 0 Å². The van der Waals surface area contributed by atoms with Gasteiger partial charge in [-0.05, 0) is 33.2 Å². The third-order valence-electron chi connectivity index (χ3n) is 2.74. The normalized spacial score (nSPS) is 23.3. The standard InChI is InChI=1S/C11H23NO/c1-11(2)12-7-5-3-4-6-9-13-10-8-12/h11H,3-10H2,1-2H3. The van der Waals surface area contributed by atoms with Crippen molar-refractivity contribution in [1.29, 1.82) is 0 Å². The summed E-state index contributed by atoms with van der Waals surface area (Å²) in [6.07, 6.45) is 5.32. The Morgan fingerprint density at radius 1 is 0.923 bits per heavy atom. The summed E-state index contributed by atoms with van der Waals surface area (Å²) >= 11 is 0. The van der Waals surface area contributed by atoms with Crippen molar-refractivity contribution < 1.29 is 4.74 Å². The first kappa shape index (κ1) is 11.0. The van der Waals surface area contributed by atoms with Gasteiger partial charge in [-0.15, -0.1) is 0 Å². The zero-order valence-electron chi connectivity index (χ0n) is 9.09. The summed E-state index contributed by atoms with van der Waals surface area (Å²) < 4.78 is 5.55. The summed E-state index contributed by atoms with van der Waals surface area (Å²) in [6.45, 7) is 8.78. The van der Waals surface area contributed by atoms with E-state index in [1.54, 1.807) is 0 Å². The Morgan fingerprint density at radius 3 is 2.46 bits per heavy atom. The zero-order chi connectivity index (χ0) is 9.52. The van der Waals surface area contributed by atoms with Crippen LogP contribution in [0.2, 0.25) is 0 Å². The fourth-order valence-electron chi connectivity index (χ4n) is 1.78. The summed E-state index contributed by atoms with van der Waals surface area (Å²) in [5.41, 5.74) is 0. The molecule has 78 valence electrons. The van der Waals surface area contributed by atoms with Gasteiger partial charge in [-0.1, -0.05) is 12.8 Å². The average molecular weight is 185 g/mol. The predicted molar refractivity (Wildman–Crippen MR) is 56.0 cm³/mol. The molecule has 0 aromatic carbocycles. The van der Waals surface area contributed by atoms with E-state index >= 15 is 0 Å². The van der Waals surface area contributed by atoms with Crippen LogP contribution in [0.3, 0.4) is 0 Å². The molecule has 0 spiro atoms. The van der Waals surface area contributed by atoms with Crippen LogP contribution >= 0.6 is 0 Å². The lowest BCUT2D eigenvalue weighted by Crippen LogP contribution is -2.35. The minimum Gasteiger partial charge on any atom is -0.380 e. The second-order valence-corrected chi connectivity index (χ2v) is 4.16. The summed E-state index contributed by atoms with van der Waals surface area (Å²) in [5, 5.41) is 0. The Labute approximate surface area is 82.3 Å². The first-order chi connectivity index (χ1) is 6.30. The Morgan fingerprint density at radius 2 is 1.69 bits per heavy atom. The maximum Gasteiger partial charge on any atom is 0.0593 e. The Kier molecular flexibility index (Phi) is 5.40. The zero-order valence-corrected chi connectivity index (χ0v) is 9.09. The van der Waals surface area contributed by atoms with Gasteiger partial charge in [0.25, 0.3) is 0 Å². The van der Waals surface area contributed by atoms with Gasteiger partial charge in [0.05, 0.1) is 6.61 Å². The molecule has 1 aliphatic rings. The van der Waals surface area contributed by atoms with Gasteiger partial charge in [-0.25, -0.2) is 0 Å². The summed E-state index contributed by atoms with van der Waals surface area (Å²) in [4.78, 5) is 2.52. The van der Waals surface area contributed by atoms with Gasteiger partial charge < -0.3 is 4.74 Å². The van der Waals surface area contributed by atoms with Gasteiger partial charge in [-0.3, -0.25) is 4.90 Å². The maximum absolute atomic E-state index is 5.55. The van der Waals surface area contributed by atoms with Gasteiger partial charge in [0, 0.05) is 19.2 Å². The molecular formula is C11H23NO. The lowest BCUT2D eigenvalue weighted by Gasteiger charge is -2.27. The minimum atomic E-state index is 0.669. The molecule has 0 unspecified atom stereocenters. The van der Waals surface area contributed by atoms with E-state index in [1.165, 1.54) is 32.2 Å². The van der Waals surface area contributed by atoms with Crippen LogP contribution in [-0.4, -0.2) is 37.2 Å². The molecule has 0 aromatic heterocycles. The maximum atomic E-state index is 5.55. The highest BCUT2D eigenvalue weighted by Crippen LogP contribution is 2.07. The smallest absolute Gasteiger partial charge is 0.0593 e. The second kappa shape index (κ2) is 6.39. The van der Waals surface area contributed by atoms with E-state index in [2.05, 4.69) is 18.7 Å². The van der Waals surface area contributed by atoms with Crippen LogP contribution in [0.5, 0.6) is 0 Å². The Balaban J connectivity index is 2.26. The van der Waals surface area contributed by atoms with Crippen LogP contribution in [0.15, 0.2) is 0 Å². The molecule has 1 saturated heterocycles. The molecule has 1 heterocycles. The van der Waals surface area contributed by atoms with Gasteiger partial charge in [-0.2, -0.15) is 0 Å². The van der Waals surface area contributed by atoms with Crippen molar-refractivity contribution in [2.45, 2.75) is 45.6 Å². The first-order valence-electron chi connectivity index (χ1n) is 5.62. The van der Waals surface area contributed by atoms with Crippen molar-refractivity contribution in [3.05, 3.63) is 0 Å². The quantitative estimate of drug-likeness (QED) is 0.621. The molecule has 1 aliphatic heterocycles. The van der Waals surface area contributed by atoms with E-state index in [0.29, 0.717) is 6.04 Å². The second-order valence-electron chi connectivity index (χ2n) is 4.16. The van der Waals surface area contributed by atoms with Gasteiger partial charge in [0.1, 0.15) is 0 Å². The molecule has 0 atom stereocenters. The Hall–Kier alpha value is -0.0800. The number of hydrogen-bond donors (Lipinski definition) is 0. The molecule has 1 rings (SSSR count). The topological polar surface area (TPSA) is 12.5 Å². The average Bonchev–Trinajstić information content (AvgIpc) is 2.14. The van der Waals surface area contributed by atoms with Crippen molar-refractivity contribution in [1.82, 2.24) is 4.90 Å². The molecule has 0 aromatic rings. The summed E-state index contributed by atoms with van der Waals surface area (Å²) in [6, 6.07) is 0.669. The van der Waals surface area contributed by atoms with Crippen molar-refractivity contribution in [3.8, 4) is 0 Å². The van der Waals surface area contributed by atoms with Crippen molar-refractivity contribution >= 4 is 0 Å². The highest BCUT2D eigenvalue weighted by molar-refractivity contribution is 4.63. The molecule has 0 bridgehead atoms. The van der Waals surface area contributed by atoms with Crippen LogP contribution in [0.1, 0.15) is 39.5 Å². The highest BCUT2D eigenvalue weighted by Gasteiger charge is 2.09. The fourth-order valence-corrected chi connectivity index (χ4v) is 1.78. The number of nitrogens with zero attached hydrogens (tertiary/aromatic N) is 1. The number of ether oxygens (including phenoxy) is 1. The SMILES string of the molecule is CC(C)N1CCCCCCOCC1. The monoisotopic (exact) mass is 185 g/mol. The summed E-state index contributed by atoms with van der Waals surface area (Å²) in [7, 11) is 0. The highest BCUT2D eigenvalue weighted by atomic mass is 16.5. The minimum absolute atomic E-state index is 0.669. The van der Waals surface area contributed by atoms with E-state index in [-0.39, 0.29) is 0 Å². The van der Waals surface area contributed by atoms with Gasteiger partial charge in [0.2, 0.25) is 0 Å². The number of hydrogen-bond acceptors (Lipinski definition) is 2. The van der Waals surface area contributed by atoms with E-state index in [9.17, 15) is 0 Å². The van der Waals surface area contributed by atoms with Crippen LogP contribution in [-0.2, 0) is 4.74 Å². The molecule has 1 fully saturated rings. The van der Waals surface area contributed by atoms with Crippen molar-refractivity contribution in [2.24, 2.45) is 0 Å². The van der Waals surface area contributed by atoms with Crippen molar-refractivity contribution in [3.63, 3.8) is 0 Å². The van der Waals surface area contributed by atoms with Gasteiger partial charge in [0.15, 0.2) is 0 Å². The molecule has 2 nitrogen and oxygen atoms in total. The predicted octanol–water partition coefficient (Wildman–Crippen LogP) is 2.29. The molecule has 13 heavy (non-hydrogen) atoms. The van der Waals surface area contributed by atoms with Crippen molar-refractivity contribution in [2.75, 3.05) is 26.3 Å². The molecular weight excluding hydrogens is 162 g/mol. The molecule has 0 saturated carbocycles. The molecule has 0 N–H and O–H groups in total. The molecule has 0 amide bonds. The van der Waals surface area contributed by atoms with E-state index in [1.807, 2.05) is 0 Å². The van der Waals surface area contributed by atoms with E-state index < -0.39 is 0 Å². The van der Waals surface area contributed by atoms with E-state index in [4.69, 9.17) is 4.74 Å². The molecule has 0 aliphatic carbocycles. The molecule has 0 radical (unpaired) electrons. The first-order valence-corrected chi connectivity index (χ1v) is 5.62. The van der Waals surface area contributed by atoms with Gasteiger partial charge >= 0.3 is 0 Å². The van der Waals surface area contributed by atoms with Crippen LogP contribution in [0.25, 0.3) is 0 Å². The summed E-state index contributed by atoms with van der Waals surface area (Å²) in [5.74, 6) is 0. The lowest BCUT2D eigenvalue weighted by atomic mass is 10.1. The molecule has 2 heteroatoms. The fraction of sp³-hybridized carbons (Fsp3) is 1.00. The third kappa shape index (κ3) is 4.63. The largest absolute Gasteiger partial charge is 0.380 e. The van der Waals surface area contributed by atoms with E-state index in [0.717, 1.165) is 19.8 Å². The van der Waals surface area contributed by atoms with Crippen LogP contribution in [0, 0.1) is 0 Å². The number of rotatable bonds is 1. The lowest BCUT2D eigenvalue weighted by molar-refractivity contribution is 0.0832. The third-order valence-corrected chi connectivity index (χ3v) is 2.74. The Bertz CT molecular complexity index is 115. The van der Waals surface area contributed by atoms with Crippen LogP contribution in [0.4, 0.5) is 0 Å².